The molecule has 0 atom stereocenters. The van der Waals surface area contributed by atoms with Crippen molar-refractivity contribution in [2.45, 2.75) is 6.42 Å². The lowest BCUT2D eigenvalue weighted by Crippen LogP contribution is -2.15. The fourth-order valence-electron chi connectivity index (χ4n) is 2.86. The van der Waals surface area contributed by atoms with E-state index in [0.717, 1.165) is 24.1 Å². The Labute approximate surface area is 168 Å². The van der Waals surface area contributed by atoms with E-state index in [-0.39, 0.29) is 11.5 Å². The fourth-order valence-corrected chi connectivity index (χ4v) is 2.86. The van der Waals surface area contributed by atoms with E-state index in [1.54, 1.807) is 10.8 Å². The van der Waals surface area contributed by atoms with Gasteiger partial charge in [-0.3, -0.25) is 4.79 Å². The van der Waals surface area contributed by atoms with Crippen LogP contribution in [-0.4, -0.2) is 41.7 Å². The van der Waals surface area contributed by atoms with E-state index in [9.17, 15) is 9.70 Å². The van der Waals surface area contributed by atoms with Crippen molar-refractivity contribution in [1.82, 2.24) is 14.5 Å². The Morgan fingerprint density at radius 3 is 2.69 bits per heavy atom. The molecule has 0 aliphatic heterocycles. The van der Waals surface area contributed by atoms with E-state index in [2.05, 4.69) is 15.1 Å². The number of pyridine rings is 2. The van der Waals surface area contributed by atoms with Crippen LogP contribution in [-0.2, 0) is 0 Å². The van der Waals surface area contributed by atoms with Gasteiger partial charge in [-0.05, 0) is 49.5 Å². The monoisotopic (exact) mass is 393 g/mol. The molecule has 2 N–H and O–H groups in total. The minimum Gasteiger partial charge on any atom is -0.478 e. The van der Waals surface area contributed by atoms with Crippen molar-refractivity contribution >= 4 is 11.5 Å². The highest BCUT2D eigenvalue weighted by Crippen LogP contribution is 2.24. The molecule has 2 heterocycles. The molecule has 3 aromatic rings. The van der Waals surface area contributed by atoms with Crippen molar-refractivity contribution in [3.05, 3.63) is 70.0 Å². The number of hydrogen-bond acceptors (Lipinski definition) is 7. The Bertz CT molecular complexity index is 1040. The summed E-state index contributed by atoms with van der Waals surface area (Å²) < 4.78 is 7.22. The number of rotatable bonds is 8. The number of nitrogen functional groups attached to an aromatic ring is 1. The first kappa shape index (κ1) is 20.2. The standard InChI is InChI=1S/C21H23N5O3/c1-25(2)9-4-10-29-21-8-7-16(13-23-21)15-5-3-6-17(11-15)26-14-18(24-28)19(27)12-20(26)22/h3,5-8,11-14H,4,9-10,22H2,1-2H3. The first-order valence-corrected chi connectivity index (χ1v) is 9.18. The molecule has 8 heteroatoms. The average Bonchev–Trinajstić information content (AvgIpc) is 2.72. The van der Waals surface area contributed by atoms with E-state index < -0.39 is 5.43 Å². The molecule has 0 amide bonds. The van der Waals surface area contributed by atoms with Crippen molar-refractivity contribution in [2.75, 3.05) is 33.0 Å². The second-order valence-electron chi connectivity index (χ2n) is 6.85. The Balaban J connectivity index is 1.80. The number of nitrogens with two attached hydrogens (primary N) is 1. The first-order chi connectivity index (χ1) is 14.0. The maximum Gasteiger partial charge on any atom is 0.213 e. The van der Waals surface area contributed by atoms with Gasteiger partial charge in [-0.2, -0.15) is 0 Å². The van der Waals surface area contributed by atoms with Crippen LogP contribution in [0.15, 0.2) is 64.8 Å². The SMILES string of the molecule is CN(C)CCCOc1ccc(-c2cccc(-n3cc(N=O)c(=O)cc3N)c2)cn1. The molecular formula is C21H23N5O3. The average molecular weight is 393 g/mol. The maximum atomic E-state index is 11.7. The van der Waals surface area contributed by atoms with Gasteiger partial charge in [0, 0.05) is 42.3 Å². The minimum absolute atomic E-state index is 0.193. The van der Waals surface area contributed by atoms with E-state index >= 15 is 0 Å². The number of benzene rings is 1. The number of anilines is 1. The highest BCUT2D eigenvalue weighted by molar-refractivity contribution is 5.66. The number of aromatic nitrogens is 2. The molecule has 150 valence electrons. The molecule has 0 unspecified atom stereocenters. The summed E-state index contributed by atoms with van der Waals surface area (Å²) in [5, 5.41) is 2.76. The molecule has 0 saturated carbocycles. The Morgan fingerprint density at radius 1 is 1.17 bits per heavy atom. The summed E-state index contributed by atoms with van der Waals surface area (Å²) in [5.41, 5.74) is 7.77. The highest BCUT2D eigenvalue weighted by atomic mass is 16.5. The molecule has 0 spiro atoms. The number of hydrogen-bond donors (Lipinski definition) is 1. The van der Waals surface area contributed by atoms with Gasteiger partial charge in [-0.15, -0.1) is 4.91 Å². The Hall–Kier alpha value is -3.52. The van der Waals surface area contributed by atoms with E-state index in [4.69, 9.17) is 10.5 Å². The summed E-state index contributed by atoms with van der Waals surface area (Å²) in [6, 6.07) is 12.5. The zero-order valence-corrected chi connectivity index (χ0v) is 16.4. The quantitative estimate of drug-likeness (QED) is 0.466. The summed E-state index contributed by atoms with van der Waals surface area (Å²) in [4.78, 5) is 29.0. The number of nitroso groups, excluding NO2 is 1. The normalized spacial score (nSPS) is 10.9. The van der Waals surface area contributed by atoms with E-state index in [1.165, 1.54) is 12.3 Å². The van der Waals surface area contributed by atoms with Gasteiger partial charge in [0.2, 0.25) is 11.3 Å². The van der Waals surface area contributed by atoms with Crippen LogP contribution >= 0.6 is 0 Å². The molecular weight excluding hydrogens is 370 g/mol. The van der Waals surface area contributed by atoms with Crippen molar-refractivity contribution in [3.63, 3.8) is 0 Å². The van der Waals surface area contributed by atoms with Crippen LogP contribution in [0.1, 0.15) is 6.42 Å². The Morgan fingerprint density at radius 2 is 2.00 bits per heavy atom. The van der Waals surface area contributed by atoms with Gasteiger partial charge >= 0.3 is 0 Å². The summed E-state index contributed by atoms with van der Waals surface area (Å²) in [7, 11) is 4.05. The molecule has 3 rings (SSSR count). The summed E-state index contributed by atoms with van der Waals surface area (Å²) in [5.74, 6) is 0.800. The van der Waals surface area contributed by atoms with E-state index in [1.807, 2.05) is 50.5 Å². The summed E-state index contributed by atoms with van der Waals surface area (Å²) >= 11 is 0. The van der Waals surface area contributed by atoms with Gasteiger partial charge in [0.15, 0.2) is 5.69 Å². The van der Waals surface area contributed by atoms with Crippen LogP contribution < -0.4 is 15.9 Å². The van der Waals surface area contributed by atoms with Crippen molar-refractivity contribution in [2.24, 2.45) is 5.18 Å². The zero-order valence-electron chi connectivity index (χ0n) is 16.4. The van der Waals surface area contributed by atoms with E-state index in [0.29, 0.717) is 18.2 Å². The van der Waals surface area contributed by atoms with Gasteiger partial charge in [0.25, 0.3) is 0 Å². The third-order valence-corrected chi connectivity index (χ3v) is 4.35. The molecule has 0 saturated heterocycles. The van der Waals surface area contributed by atoms with Crippen LogP contribution in [0, 0.1) is 4.91 Å². The maximum absolute atomic E-state index is 11.7. The molecule has 0 aliphatic rings. The molecule has 0 bridgehead atoms. The van der Waals surface area contributed by atoms with Crippen LogP contribution in [0.25, 0.3) is 16.8 Å². The summed E-state index contributed by atoms with van der Waals surface area (Å²) in [6.45, 7) is 1.57. The summed E-state index contributed by atoms with van der Waals surface area (Å²) in [6.07, 6.45) is 4.01. The van der Waals surface area contributed by atoms with Crippen LogP contribution in [0.2, 0.25) is 0 Å². The molecule has 8 nitrogen and oxygen atoms in total. The highest BCUT2D eigenvalue weighted by Gasteiger charge is 2.08. The van der Waals surface area contributed by atoms with Crippen LogP contribution in [0.5, 0.6) is 5.88 Å². The lowest BCUT2D eigenvalue weighted by atomic mass is 10.1. The minimum atomic E-state index is -0.504. The Kier molecular flexibility index (Phi) is 6.36. The third kappa shape index (κ3) is 5.05. The molecule has 0 radical (unpaired) electrons. The smallest absolute Gasteiger partial charge is 0.213 e. The molecule has 0 fully saturated rings. The van der Waals surface area contributed by atoms with Gasteiger partial charge in [0.05, 0.1) is 6.61 Å². The second-order valence-corrected chi connectivity index (χ2v) is 6.85. The number of nitrogens with zero attached hydrogens (tertiary/aromatic N) is 4. The van der Waals surface area contributed by atoms with Crippen LogP contribution in [0.4, 0.5) is 11.5 Å². The van der Waals surface area contributed by atoms with Gasteiger partial charge in [-0.25, -0.2) is 4.98 Å². The zero-order chi connectivity index (χ0) is 20.8. The third-order valence-electron chi connectivity index (χ3n) is 4.35. The second kappa shape index (κ2) is 9.11. The molecule has 1 aromatic carbocycles. The van der Waals surface area contributed by atoms with Crippen molar-refractivity contribution < 1.29 is 4.74 Å². The molecule has 2 aromatic heterocycles. The fraction of sp³-hybridized carbons (Fsp3) is 0.238. The number of ether oxygens (including phenoxy) is 1. The lowest BCUT2D eigenvalue weighted by Gasteiger charge is -2.12. The predicted octanol–water partition coefficient (Wildman–Crippen LogP) is 3.21. The molecule has 0 aliphatic carbocycles. The van der Waals surface area contributed by atoms with Gasteiger partial charge in [-0.1, -0.05) is 12.1 Å². The topological polar surface area (TPSA) is 103 Å². The van der Waals surface area contributed by atoms with Gasteiger partial charge in [0.1, 0.15) is 5.82 Å². The predicted molar refractivity (Wildman–Crippen MR) is 114 cm³/mol. The van der Waals surface area contributed by atoms with Gasteiger partial charge < -0.3 is 19.9 Å². The first-order valence-electron chi connectivity index (χ1n) is 9.18. The largest absolute Gasteiger partial charge is 0.478 e. The van der Waals surface area contributed by atoms with Crippen LogP contribution in [0.3, 0.4) is 0 Å². The van der Waals surface area contributed by atoms with Crippen molar-refractivity contribution in [3.8, 4) is 22.7 Å². The van der Waals surface area contributed by atoms with Crippen molar-refractivity contribution in [1.29, 1.82) is 0 Å². The molecule has 29 heavy (non-hydrogen) atoms. The lowest BCUT2D eigenvalue weighted by molar-refractivity contribution is 0.273.